The van der Waals surface area contributed by atoms with Crippen molar-refractivity contribution >= 4 is 54.5 Å². The predicted octanol–water partition coefficient (Wildman–Crippen LogP) is 3.19. The van der Waals surface area contributed by atoms with Gasteiger partial charge in [-0.1, -0.05) is 83.3 Å². The number of ether oxygens (including phenoxy) is 1. The Balaban J connectivity index is 0.000000186. The zero-order chi connectivity index (χ0) is 44.5. The summed E-state index contributed by atoms with van der Waals surface area (Å²) in [4.78, 5) is 44.9. The molecule has 328 valence electrons. The van der Waals surface area contributed by atoms with E-state index in [1.807, 2.05) is 24.3 Å². The minimum Gasteiger partial charge on any atom is -0.470 e. The van der Waals surface area contributed by atoms with Crippen LogP contribution in [0.4, 0.5) is 0 Å². The largest absolute Gasteiger partial charge is 0.470 e. The van der Waals surface area contributed by atoms with Crippen LogP contribution in [0.1, 0.15) is 70.7 Å². The van der Waals surface area contributed by atoms with E-state index in [2.05, 4.69) is 15.2 Å². The van der Waals surface area contributed by atoms with Crippen LogP contribution in [0.2, 0.25) is 0 Å². The van der Waals surface area contributed by atoms with Crippen LogP contribution in [-0.4, -0.2) is 96.4 Å². The van der Waals surface area contributed by atoms with E-state index in [4.69, 9.17) is 4.74 Å². The maximum absolute atomic E-state index is 13.0. The number of carbonyl (C=O) groups is 2. The van der Waals surface area contributed by atoms with Crippen molar-refractivity contribution in [1.29, 1.82) is 0 Å². The second kappa shape index (κ2) is 18.1. The maximum atomic E-state index is 13.0. The van der Waals surface area contributed by atoms with Crippen molar-refractivity contribution in [2.75, 3.05) is 19.8 Å². The Morgan fingerprint density at radius 3 is 1.60 bits per heavy atom. The Bertz CT molecular complexity index is 2840. The molecule has 2 atom stereocenters. The molecule has 0 bridgehead atoms. The molecule has 0 saturated heterocycles. The van der Waals surface area contributed by atoms with E-state index in [0.29, 0.717) is 63.6 Å². The molecule has 0 unspecified atom stereocenters. The summed E-state index contributed by atoms with van der Waals surface area (Å²) >= 11 is 1.65. The lowest BCUT2D eigenvalue weighted by Crippen LogP contribution is -2.33. The summed E-state index contributed by atoms with van der Waals surface area (Å²) in [5.41, 5.74) is 4.50. The van der Waals surface area contributed by atoms with E-state index in [9.17, 15) is 41.4 Å². The van der Waals surface area contributed by atoms with Gasteiger partial charge in [0, 0.05) is 48.8 Å². The second-order valence-corrected chi connectivity index (χ2v) is 20.3. The van der Waals surface area contributed by atoms with Gasteiger partial charge in [-0.3, -0.25) is 14.4 Å². The maximum Gasteiger partial charge on any atom is 0.308 e. The molecule has 2 aliphatic rings. The molecule has 0 radical (unpaired) electrons. The Kier molecular flexibility index (Phi) is 13.0. The van der Waals surface area contributed by atoms with Crippen LogP contribution in [0.3, 0.4) is 0 Å². The molecular formula is C40H44N8O10S4. The Labute approximate surface area is 365 Å². The summed E-state index contributed by atoms with van der Waals surface area (Å²) in [5.74, 6) is -1.82. The van der Waals surface area contributed by atoms with Crippen molar-refractivity contribution in [1.82, 2.24) is 37.7 Å². The van der Waals surface area contributed by atoms with Gasteiger partial charge in [-0.05, 0) is 38.8 Å². The lowest BCUT2D eigenvalue weighted by Gasteiger charge is -2.22. The van der Waals surface area contributed by atoms with Gasteiger partial charge in [0.1, 0.15) is 0 Å². The van der Waals surface area contributed by atoms with E-state index in [1.54, 1.807) is 73.9 Å². The van der Waals surface area contributed by atoms with Crippen molar-refractivity contribution in [2.45, 2.75) is 80.7 Å². The Hall–Kier alpha value is -5.52. The number of hydrogen-bond donors (Lipinski definition) is 2. The van der Waals surface area contributed by atoms with Crippen molar-refractivity contribution in [3.63, 3.8) is 0 Å². The zero-order valence-corrected chi connectivity index (χ0v) is 37.4. The molecule has 18 nitrogen and oxygen atoms in total. The van der Waals surface area contributed by atoms with Crippen molar-refractivity contribution < 1.29 is 41.4 Å². The monoisotopic (exact) mass is 924 g/mol. The lowest BCUT2D eigenvalue weighted by molar-refractivity contribution is -0.135. The first kappa shape index (κ1) is 44.5. The SMILES string of the molecule is CCOc1nc(C)c(S(=O)(=O)n2cc3c(n2)CN(C(=O)[C@H](CO)c2ccccc2)C3)s1.CCn1c(C)c(S(=O)(=O)n2cc3c(n2)CN(C(=O)[C@H](CO)c2ccccc2)C3)sc1=O. The number of thiazole rings is 2. The number of rotatable bonds is 13. The fourth-order valence-electron chi connectivity index (χ4n) is 7.29. The van der Waals surface area contributed by atoms with Gasteiger partial charge >= 0.3 is 4.87 Å². The smallest absolute Gasteiger partial charge is 0.308 e. The number of aryl methyl sites for hydroxylation is 1. The second-order valence-electron chi connectivity index (χ2n) is 14.4. The topological polar surface area (TPSA) is 229 Å². The number of aromatic nitrogens is 6. The van der Waals surface area contributed by atoms with Gasteiger partial charge in [0.15, 0.2) is 8.42 Å². The zero-order valence-electron chi connectivity index (χ0n) is 34.1. The van der Waals surface area contributed by atoms with E-state index in [0.717, 1.165) is 30.6 Å². The summed E-state index contributed by atoms with van der Waals surface area (Å²) in [6.07, 6.45) is 2.84. The van der Waals surface area contributed by atoms with Crippen LogP contribution < -0.4 is 9.61 Å². The average Bonchev–Trinajstić information content (AvgIpc) is 4.11. The lowest BCUT2D eigenvalue weighted by atomic mass is 9.98. The molecule has 4 aromatic heterocycles. The number of benzene rings is 2. The molecule has 8 rings (SSSR count). The highest BCUT2D eigenvalue weighted by Gasteiger charge is 2.36. The van der Waals surface area contributed by atoms with Crippen LogP contribution >= 0.6 is 22.7 Å². The van der Waals surface area contributed by atoms with Gasteiger partial charge in [0.25, 0.3) is 25.2 Å². The molecule has 0 saturated carbocycles. The number of nitrogens with zero attached hydrogens (tertiary/aromatic N) is 8. The number of aliphatic hydroxyl groups is 2. The van der Waals surface area contributed by atoms with Crippen LogP contribution in [0.25, 0.3) is 0 Å². The normalized spacial score (nSPS) is 14.5. The Morgan fingerprint density at radius 2 is 1.19 bits per heavy atom. The molecule has 2 aliphatic heterocycles. The summed E-state index contributed by atoms with van der Waals surface area (Å²) in [6, 6.07) is 18.1. The van der Waals surface area contributed by atoms with E-state index >= 15 is 0 Å². The van der Waals surface area contributed by atoms with Crippen LogP contribution in [0.5, 0.6) is 5.19 Å². The van der Waals surface area contributed by atoms with Gasteiger partial charge in [-0.2, -0.15) is 35.2 Å². The fraction of sp³-hybridized carbons (Fsp3) is 0.350. The fourth-order valence-corrected chi connectivity index (χ4v) is 12.7. The quantitative estimate of drug-likeness (QED) is 0.170. The molecule has 2 amide bonds. The first-order valence-electron chi connectivity index (χ1n) is 19.5. The molecule has 2 aromatic carbocycles. The molecule has 0 spiro atoms. The molecule has 6 heterocycles. The van der Waals surface area contributed by atoms with Gasteiger partial charge in [-0.25, -0.2) is 4.98 Å². The average molecular weight is 925 g/mol. The third-order valence-corrected chi connectivity index (χ3v) is 16.9. The van der Waals surface area contributed by atoms with E-state index < -0.39 is 31.9 Å². The molecule has 0 aliphatic carbocycles. The highest BCUT2D eigenvalue weighted by atomic mass is 32.3. The van der Waals surface area contributed by atoms with Crippen molar-refractivity contribution in [3.8, 4) is 5.19 Å². The number of hydrogen-bond acceptors (Lipinski definition) is 15. The molecule has 22 heteroatoms. The van der Waals surface area contributed by atoms with Gasteiger partial charge < -0.3 is 29.3 Å². The molecule has 2 N–H and O–H groups in total. The van der Waals surface area contributed by atoms with E-state index in [1.165, 1.54) is 17.0 Å². The number of fused-ring (bicyclic) bond motifs is 2. The molecular weight excluding hydrogens is 881 g/mol. The number of carbonyl (C=O) groups excluding carboxylic acids is 2. The van der Waals surface area contributed by atoms with Crippen molar-refractivity contribution in [2.24, 2.45) is 0 Å². The highest BCUT2D eigenvalue weighted by molar-refractivity contribution is 7.92. The minimum atomic E-state index is -4.00. The third kappa shape index (κ3) is 8.49. The summed E-state index contributed by atoms with van der Waals surface area (Å²) in [5, 5.41) is 28.2. The molecule has 62 heavy (non-hydrogen) atoms. The van der Waals surface area contributed by atoms with Crippen LogP contribution in [0.15, 0.2) is 86.3 Å². The standard InChI is InChI=1S/2C20H22N4O5S2/c1-3-23-13(2)19(30-20(23)27)31(28,29)24-10-15-9-22(11-17(15)21-24)18(26)16(12-25)14-7-5-4-6-8-14;1-3-29-20-21-13(2)19(30-20)31(27,28)24-10-15-9-23(11-17(15)22-24)18(26)16(12-25)14-7-5-4-6-8-14/h2*4-8,10,16,25H,3,9,11-12H2,1-2H3/t2*16-/m11/s1. The van der Waals surface area contributed by atoms with Crippen LogP contribution in [0, 0.1) is 13.8 Å². The van der Waals surface area contributed by atoms with Gasteiger partial charge in [0.2, 0.25) is 11.8 Å². The molecule has 6 aromatic rings. The first-order valence-corrected chi connectivity index (χ1v) is 24.0. The molecule has 0 fully saturated rings. The van der Waals surface area contributed by atoms with Crippen molar-refractivity contribution in [3.05, 3.63) is 128 Å². The Morgan fingerprint density at radius 1 is 0.726 bits per heavy atom. The number of amides is 2. The van der Waals surface area contributed by atoms with Crippen LogP contribution in [-0.2, 0) is 62.4 Å². The minimum absolute atomic E-state index is 0.0297. The highest BCUT2D eigenvalue weighted by Crippen LogP contribution is 2.33. The van der Waals surface area contributed by atoms with Gasteiger partial charge in [0.05, 0.1) is 61.8 Å². The summed E-state index contributed by atoms with van der Waals surface area (Å²) in [6.45, 7) is 7.73. The summed E-state index contributed by atoms with van der Waals surface area (Å²) in [7, 11) is -7.91. The third-order valence-electron chi connectivity index (χ3n) is 10.5. The van der Waals surface area contributed by atoms with Gasteiger partial charge in [-0.15, -0.1) is 0 Å². The summed E-state index contributed by atoms with van der Waals surface area (Å²) < 4.78 is 60.8. The predicted molar refractivity (Wildman–Crippen MR) is 228 cm³/mol. The first-order chi connectivity index (χ1) is 29.6. The number of aliphatic hydroxyl groups excluding tert-OH is 2. The van der Waals surface area contributed by atoms with E-state index in [-0.39, 0.29) is 64.5 Å².